The third-order valence-electron chi connectivity index (χ3n) is 3.41. The molecule has 92 valence electrons. The summed E-state index contributed by atoms with van der Waals surface area (Å²) in [5.74, 6) is -1.14. The lowest BCUT2D eigenvalue weighted by molar-refractivity contribution is -0.153. The first-order chi connectivity index (χ1) is 7.39. The summed E-state index contributed by atoms with van der Waals surface area (Å²) in [4.78, 5) is 14.6. The van der Waals surface area contributed by atoms with Crippen molar-refractivity contribution < 1.29 is 18.0 Å². The number of hydrogen-bond donors (Lipinski definition) is 0. The summed E-state index contributed by atoms with van der Waals surface area (Å²) in [6.45, 7) is 3.73. The Bertz CT molecular complexity index is 284. The minimum atomic E-state index is -4.05. The SMILES string of the molecule is CC(=O)N1CCN(C2CC2C(F)(F)F)CC1. The molecule has 16 heavy (non-hydrogen) atoms. The number of alkyl halides is 3. The van der Waals surface area contributed by atoms with Gasteiger partial charge in [0.15, 0.2) is 0 Å². The van der Waals surface area contributed by atoms with Gasteiger partial charge in [0, 0.05) is 39.1 Å². The van der Waals surface area contributed by atoms with E-state index in [1.54, 1.807) is 4.90 Å². The monoisotopic (exact) mass is 236 g/mol. The van der Waals surface area contributed by atoms with E-state index in [9.17, 15) is 18.0 Å². The average molecular weight is 236 g/mol. The van der Waals surface area contributed by atoms with E-state index in [2.05, 4.69) is 0 Å². The third kappa shape index (κ3) is 2.31. The highest BCUT2D eigenvalue weighted by molar-refractivity contribution is 5.73. The molecule has 0 spiro atoms. The highest BCUT2D eigenvalue weighted by Gasteiger charge is 2.57. The number of piperazine rings is 1. The molecule has 1 aliphatic heterocycles. The summed E-state index contributed by atoms with van der Waals surface area (Å²) in [6.07, 6.45) is -3.83. The van der Waals surface area contributed by atoms with Gasteiger partial charge in [-0.05, 0) is 6.42 Å². The molecular formula is C10H15F3N2O. The van der Waals surface area contributed by atoms with Gasteiger partial charge in [-0.25, -0.2) is 0 Å². The van der Waals surface area contributed by atoms with Gasteiger partial charge in [0.1, 0.15) is 0 Å². The van der Waals surface area contributed by atoms with Crippen molar-refractivity contribution in [1.82, 2.24) is 9.80 Å². The molecule has 2 rings (SSSR count). The van der Waals surface area contributed by atoms with Gasteiger partial charge in [0.2, 0.25) is 5.91 Å². The zero-order chi connectivity index (χ0) is 11.9. The molecule has 1 aliphatic carbocycles. The maximum absolute atomic E-state index is 12.4. The lowest BCUT2D eigenvalue weighted by Crippen LogP contribution is -2.49. The van der Waals surface area contributed by atoms with E-state index in [0.29, 0.717) is 26.2 Å². The summed E-state index contributed by atoms with van der Waals surface area (Å²) in [7, 11) is 0. The molecule has 2 unspecified atom stereocenters. The van der Waals surface area contributed by atoms with Gasteiger partial charge < -0.3 is 4.90 Å². The maximum Gasteiger partial charge on any atom is 0.393 e. The Hall–Kier alpha value is -0.780. The number of hydrogen-bond acceptors (Lipinski definition) is 2. The van der Waals surface area contributed by atoms with Crippen molar-refractivity contribution in [2.45, 2.75) is 25.6 Å². The molecular weight excluding hydrogens is 221 g/mol. The maximum atomic E-state index is 12.4. The van der Waals surface area contributed by atoms with E-state index in [1.807, 2.05) is 4.90 Å². The van der Waals surface area contributed by atoms with Crippen LogP contribution >= 0.6 is 0 Å². The molecule has 1 amide bonds. The van der Waals surface area contributed by atoms with E-state index >= 15 is 0 Å². The third-order valence-corrected chi connectivity index (χ3v) is 3.41. The summed E-state index contributed by atoms with van der Waals surface area (Å²) in [5, 5.41) is 0. The fraction of sp³-hybridized carbons (Fsp3) is 0.900. The molecule has 1 heterocycles. The van der Waals surface area contributed by atoms with Crippen molar-refractivity contribution in [3.8, 4) is 0 Å². The summed E-state index contributed by atoms with van der Waals surface area (Å²) < 4.78 is 37.1. The zero-order valence-corrected chi connectivity index (χ0v) is 9.13. The fourth-order valence-corrected chi connectivity index (χ4v) is 2.31. The second-order valence-electron chi connectivity index (χ2n) is 4.49. The van der Waals surface area contributed by atoms with Gasteiger partial charge in [-0.3, -0.25) is 9.69 Å². The summed E-state index contributed by atoms with van der Waals surface area (Å²) in [5.41, 5.74) is 0. The Morgan fingerprint density at radius 3 is 2.12 bits per heavy atom. The van der Waals surface area contributed by atoms with Crippen molar-refractivity contribution in [3.63, 3.8) is 0 Å². The standard InChI is InChI=1S/C10H15F3N2O/c1-7(16)14-2-4-15(5-3-14)9-6-8(9)10(11,12)13/h8-9H,2-6H2,1H3. The predicted octanol–water partition coefficient (Wildman–Crippen LogP) is 1.10. The molecule has 0 aromatic heterocycles. The normalized spacial score (nSPS) is 31.6. The van der Waals surface area contributed by atoms with E-state index in [0.717, 1.165) is 0 Å². The van der Waals surface area contributed by atoms with Gasteiger partial charge in [-0.15, -0.1) is 0 Å². The molecule has 0 N–H and O–H groups in total. The van der Waals surface area contributed by atoms with E-state index in [1.165, 1.54) is 6.92 Å². The first-order valence-corrected chi connectivity index (χ1v) is 5.46. The lowest BCUT2D eigenvalue weighted by atomic mass is 10.3. The molecule has 2 aliphatic rings. The van der Waals surface area contributed by atoms with Crippen LogP contribution in [0.5, 0.6) is 0 Å². The van der Waals surface area contributed by atoms with Crippen molar-refractivity contribution in [3.05, 3.63) is 0 Å². The molecule has 6 heteroatoms. The van der Waals surface area contributed by atoms with Crippen LogP contribution in [-0.4, -0.2) is 54.1 Å². The number of halogens is 3. The van der Waals surface area contributed by atoms with Crippen molar-refractivity contribution in [1.29, 1.82) is 0 Å². The second kappa shape index (κ2) is 3.91. The van der Waals surface area contributed by atoms with Gasteiger partial charge >= 0.3 is 6.18 Å². The Labute approximate surface area is 92.2 Å². The van der Waals surface area contributed by atoms with Crippen LogP contribution in [0.25, 0.3) is 0 Å². The molecule has 0 bridgehead atoms. The number of nitrogens with zero attached hydrogens (tertiary/aromatic N) is 2. The summed E-state index contributed by atoms with van der Waals surface area (Å²) >= 11 is 0. The van der Waals surface area contributed by atoms with Crippen LogP contribution < -0.4 is 0 Å². The lowest BCUT2D eigenvalue weighted by Gasteiger charge is -2.34. The Morgan fingerprint density at radius 2 is 1.75 bits per heavy atom. The molecule has 1 saturated heterocycles. The van der Waals surface area contributed by atoms with Crippen LogP contribution in [0.15, 0.2) is 0 Å². The van der Waals surface area contributed by atoms with Crippen LogP contribution in [0, 0.1) is 5.92 Å². The number of rotatable bonds is 1. The Balaban J connectivity index is 1.81. The minimum Gasteiger partial charge on any atom is -0.340 e. The number of carbonyl (C=O) groups excluding carboxylic acids is 1. The highest BCUT2D eigenvalue weighted by Crippen LogP contribution is 2.47. The van der Waals surface area contributed by atoms with Crippen LogP contribution in [0.3, 0.4) is 0 Å². The molecule has 1 saturated carbocycles. The molecule has 0 aromatic carbocycles. The van der Waals surface area contributed by atoms with Gasteiger partial charge in [-0.2, -0.15) is 13.2 Å². The average Bonchev–Trinajstić information content (AvgIpc) is 2.96. The van der Waals surface area contributed by atoms with Crippen LogP contribution in [0.2, 0.25) is 0 Å². The van der Waals surface area contributed by atoms with Gasteiger partial charge in [0.05, 0.1) is 5.92 Å². The highest BCUT2D eigenvalue weighted by atomic mass is 19.4. The zero-order valence-electron chi connectivity index (χ0n) is 9.13. The van der Waals surface area contributed by atoms with Crippen molar-refractivity contribution >= 4 is 5.91 Å². The van der Waals surface area contributed by atoms with E-state index in [-0.39, 0.29) is 18.4 Å². The predicted molar refractivity (Wildman–Crippen MR) is 51.8 cm³/mol. The van der Waals surface area contributed by atoms with E-state index in [4.69, 9.17) is 0 Å². The van der Waals surface area contributed by atoms with Crippen molar-refractivity contribution in [2.75, 3.05) is 26.2 Å². The molecule has 0 aromatic rings. The Morgan fingerprint density at radius 1 is 1.19 bits per heavy atom. The molecule has 3 nitrogen and oxygen atoms in total. The van der Waals surface area contributed by atoms with Crippen LogP contribution in [0.1, 0.15) is 13.3 Å². The summed E-state index contributed by atoms with van der Waals surface area (Å²) in [6, 6.07) is -0.339. The van der Waals surface area contributed by atoms with Crippen LogP contribution in [-0.2, 0) is 4.79 Å². The Kier molecular flexibility index (Phi) is 2.86. The molecule has 2 fully saturated rings. The molecule has 2 atom stereocenters. The second-order valence-corrected chi connectivity index (χ2v) is 4.49. The fourth-order valence-electron chi connectivity index (χ4n) is 2.31. The molecule has 0 radical (unpaired) electrons. The van der Waals surface area contributed by atoms with Crippen LogP contribution in [0.4, 0.5) is 13.2 Å². The first-order valence-electron chi connectivity index (χ1n) is 5.46. The smallest absolute Gasteiger partial charge is 0.340 e. The van der Waals surface area contributed by atoms with E-state index < -0.39 is 12.1 Å². The quantitative estimate of drug-likeness (QED) is 0.680. The van der Waals surface area contributed by atoms with Crippen molar-refractivity contribution in [2.24, 2.45) is 5.92 Å². The number of amides is 1. The topological polar surface area (TPSA) is 23.6 Å². The largest absolute Gasteiger partial charge is 0.393 e. The number of carbonyl (C=O) groups is 1. The van der Waals surface area contributed by atoms with Gasteiger partial charge in [0.25, 0.3) is 0 Å². The van der Waals surface area contributed by atoms with Gasteiger partial charge in [-0.1, -0.05) is 0 Å². The first kappa shape index (κ1) is 11.7. The minimum absolute atomic E-state index is 0.00261.